The second kappa shape index (κ2) is 12.4. The number of amides is 2. The molecule has 0 aromatic rings. The maximum atomic E-state index is 11.4. The molecule has 18 heavy (non-hydrogen) atoms. The SMILES string of the molecule is CCCNC(=O)CCC(=O)NCCCCCCN. The molecule has 0 aliphatic rings. The maximum Gasteiger partial charge on any atom is 0.220 e. The van der Waals surface area contributed by atoms with E-state index in [0.29, 0.717) is 13.1 Å². The fourth-order valence-corrected chi connectivity index (χ4v) is 1.52. The Morgan fingerprint density at radius 3 is 2.00 bits per heavy atom. The van der Waals surface area contributed by atoms with Gasteiger partial charge >= 0.3 is 0 Å². The van der Waals surface area contributed by atoms with E-state index in [2.05, 4.69) is 10.6 Å². The monoisotopic (exact) mass is 257 g/mol. The summed E-state index contributed by atoms with van der Waals surface area (Å²) in [5.41, 5.74) is 5.39. The Morgan fingerprint density at radius 1 is 0.889 bits per heavy atom. The molecule has 0 aliphatic carbocycles. The highest BCUT2D eigenvalue weighted by molar-refractivity contribution is 5.83. The van der Waals surface area contributed by atoms with Crippen LogP contribution in [-0.2, 0) is 9.59 Å². The average Bonchev–Trinajstić information content (AvgIpc) is 2.38. The lowest BCUT2D eigenvalue weighted by atomic mass is 10.2. The molecule has 5 nitrogen and oxygen atoms in total. The summed E-state index contributed by atoms with van der Waals surface area (Å²) in [4.78, 5) is 22.7. The molecule has 0 bridgehead atoms. The van der Waals surface area contributed by atoms with Crippen molar-refractivity contribution >= 4 is 11.8 Å². The summed E-state index contributed by atoms with van der Waals surface area (Å²) < 4.78 is 0. The molecule has 0 fully saturated rings. The fourth-order valence-electron chi connectivity index (χ4n) is 1.52. The minimum atomic E-state index is -0.0463. The van der Waals surface area contributed by atoms with E-state index in [1.54, 1.807) is 0 Å². The Hall–Kier alpha value is -1.10. The topological polar surface area (TPSA) is 84.2 Å². The molecule has 0 saturated carbocycles. The molecule has 0 atom stereocenters. The first-order valence-electron chi connectivity index (χ1n) is 6.94. The quantitative estimate of drug-likeness (QED) is 0.481. The number of hydrogen-bond donors (Lipinski definition) is 3. The minimum Gasteiger partial charge on any atom is -0.356 e. The highest BCUT2D eigenvalue weighted by atomic mass is 16.2. The first-order chi connectivity index (χ1) is 8.70. The van der Waals surface area contributed by atoms with Crippen molar-refractivity contribution in [1.29, 1.82) is 0 Å². The third kappa shape index (κ3) is 11.4. The number of hydrogen-bond acceptors (Lipinski definition) is 3. The van der Waals surface area contributed by atoms with Crippen LogP contribution in [0, 0.1) is 0 Å². The summed E-state index contributed by atoms with van der Waals surface area (Å²) in [5.74, 6) is -0.0876. The number of nitrogens with two attached hydrogens (primary N) is 1. The van der Waals surface area contributed by atoms with Crippen LogP contribution in [0.3, 0.4) is 0 Å². The maximum absolute atomic E-state index is 11.4. The van der Waals surface area contributed by atoms with E-state index in [0.717, 1.165) is 38.6 Å². The van der Waals surface area contributed by atoms with Crippen molar-refractivity contribution in [2.24, 2.45) is 5.73 Å². The van der Waals surface area contributed by atoms with E-state index < -0.39 is 0 Å². The van der Waals surface area contributed by atoms with Crippen LogP contribution in [0.2, 0.25) is 0 Å². The van der Waals surface area contributed by atoms with E-state index in [-0.39, 0.29) is 24.7 Å². The van der Waals surface area contributed by atoms with Crippen LogP contribution in [-0.4, -0.2) is 31.4 Å². The molecule has 0 unspecified atom stereocenters. The second-order valence-corrected chi connectivity index (χ2v) is 4.40. The number of carbonyl (C=O) groups is 2. The van der Waals surface area contributed by atoms with Crippen LogP contribution in [0.4, 0.5) is 0 Å². The fraction of sp³-hybridized carbons (Fsp3) is 0.846. The van der Waals surface area contributed by atoms with Gasteiger partial charge in [-0.3, -0.25) is 9.59 Å². The van der Waals surface area contributed by atoms with Crippen LogP contribution in [0.25, 0.3) is 0 Å². The molecule has 5 heteroatoms. The molecule has 0 aromatic heterocycles. The standard InChI is InChI=1S/C13H27N3O2/c1-2-10-15-12(17)7-8-13(18)16-11-6-4-3-5-9-14/h2-11,14H2,1H3,(H,15,17)(H,16,18). The summed E-state index contributed by atoms with van der Waals surface area (Å²) >= 11 is 0. The van der Waals surface area contributed by atoms with E-state index in [4.69, 9.17) is 5.73 Å². The van der Waals surface area contributed by atoms with Crippen LogP contribution in [0.15, 0.2) is 0 Å². The highest BCUT2D eigenvalue weighted by Crippen LogP contribution is 1.97. The van der Waals surface area contributed by atoms with Gasteiger partial charge in [0.15, 0.2) is 0 Å². The van der Waals surface area contributed by atoms with Gasteiger partial charge in [-0.15, -0.1) is 0 Å². The molecule has 0 heterocycles. The van der Waals surface area contributed by atoms with Gasteiger partial charge in [0.2, 0.25) is 11.8 Å². The lowest BCUT2D eigenvalue weighted by Gasteiger charge is -2.05. The predicted molar refractivity (Wildman–Crippen MR) is 73.1 cm³/mol. The Bertz CT molecular complexity index is 232. The van der Waals surface area contributed by atoms with Crippen molar-refractivity contribution in [2.75, 3.05) is 19.6 Å². The zero-order chi connectivity index (χ0) is 13.6. The average molecular weight is 257 g/mol. The molecule has 2 amide bonds. The molecule has 0 aliphatic heterocycles. The summed E-state index contributed by atoms with van der Waals surface area (Å²) in [6.07, 6.45) is 5.71. The number of rotatable bonds is 11. The van der Waals surface area contributed by atoms with Gasteiger partial charge in [-0.05, 0) is 25.8 Å². The van der Waals surface area contributed by atoms with Gasteiger partial charge in [0.25, 0.3) is 0 Å². The van der Waals surface area contributed by atoms with Gasteiger partial charge in [-0.1, -0.05) is 19.8 Å². The van der Waals surface area contributed by atoms with Crippen molar-refractivity contribution in [2.45, 2.75) is 51.9 Å². The van der Waals surface area contributed by atoms with Crippen LogP contribution in [0.5, 0.6) is 0 Å². The Labute approximate surface area is 110 Å². The number of unbranched alkanes of at least 4 members (excludes halogenated alkanes) is 3. The van der Waals surface area contributed by atoms with E-state index in [1.165, 1.54) is 0 Å². The third-order valence-electron chi connectivity index (χ3n) is 2.60. The Kier molecular flexibility index (Phi) is 11.6. The molecule has 0 aromatic carbocycles. The van der Waals surface area contributed by atoms with Crippen LogP contribution in [0.1, 0.15) is 51.9 Å². The largest absolute Gasteiger partial charge is 0.356 e. The lowest BCUT2D eigenvalue weighted by molar-refractivity contribution is -0.126. The molecule has 106 valence electrons. The normalized spacial score (nSPS) is 10.1. The molecule has 0 rings (SSSR count). The van der Waals surface area contributed by atoms with Gasteiger partial charge in [-0.25, -0.2) is 0 Å². The van der Waals surface area contributed by atoms with Crippen molar-refractivity contribution < 1.29 is 9.59 Å². The molecular formula is C13H27N3O2. The number of nitrogens with one attached hydrogen (secondary N) is 2. The van der Waals surface area contributed by atoms with E-state index >= 15 is 0 Å². The molecule has 0 spiro atoms. The molecule has 0 radical (unpaired) electrons. The first-order valence-corrected chi connectivity index (χ1v) is 6.94. The smallest absolute Gasteiger partial charge is 0.220 e. The third-order valence-corrected chi connectivity index (χ3v) is 2.60. The van der Waals surface area contributed by atoms with Gasteiger partial charge in [0.05, 0.1) is 0 Å². The predicted octanol–water partition coefficient (Wildman–Crippen LogP) is 0.928. The van der Waals surface area contributed by atoms with Crippen LogP contribution >= 0.6 is 0 Å². The summed E-state index contributed by atoms with van der Waals surface area (Å²) in [6.45, 7) is 4.11. The van der Waals surface area contributed by atoms with Crippen molar-refractivity contribution in [1.82, 2.24) is 10.6 Å². The van der Waals surface area contributed by atoms with Gasteiger partial charge < -0.3 is 16.4 Å². The zero-order valence-electron chi connectivity index (χ0n) is 11.5. The number of carbonyl (C=O) groups excluding carboxylic acids is 2. The molecule has 4 N–H and O–H groups in total. The summed E-state index contributed by atoms with van der Waals surface area (Å²) in [7, 11) is 0. The van der Waals surface area contributed by atoms with Crippen LogP contribution < -0.4 is 16.4 Å². The highest BCUT2D eigenvalue weighted by Gasteiger charge is 2.05. The van der Waals surface area contributed by atoms with Crippen molar-refractivity contribution in [3.8, 4) is 0 Å². The van der Waals surface area contributed by atoms with Crippen molar-refractivity contribution in [3.05, 3.63) is 0 Å². The zero-order valence-corrected chi connectivity index (χ0v) is 11.5. The van der Waals surface area contributed by atoms with E-state index in [9.17, 15) is 9.59 Å². The van der Waals surface area contributed by atoms with Crippen molar-refractivity contribution in [3.63, 3.8) is 0 Å². The van der Waals surface area contributed by atoms with E-state index in [1.807, 2.05) is 6.92 Å². The summed E-state index contributed by atoms with van der Waals surface area (Å²) in [6, 6.07) is 0. The first kappa shape index (κ1) is 16.9. The van der Waals surface area contributed by atoms with Gasteiger partial charge in [-0.2, -0.15) is 0 Å². The Balaban J connectivity index is 3.34. The van der Waals surface area contributed by atoms with Gasteiger partial charge in [0, 0.05) is 25.9 Å². The molecular weight excluding hydrogens is 230 g/mol. The summed E-state index contributed by atoms with van der Waals surface area (Å²) in [5, 5.41) is 5.57. The minimum absolute atomic E-state index is 0.0412. The molecule has 0 saturated heterocycles. The Morgan fingerprint density at radius 2 is 1.44 bits per heavy atom. The second-order valence-electron chi connectivity index (χ2n) is 4.40. The van der Waals surface area contributed by atoms with Gasteiger partial charge in [0.1, 0.15) is 0 Å². The lowest BCUT2D eigenvalue weighted by Crippen LogP contribution is -2.28.